The molecule has 19 heavy (non-hydrogen) atoms. The van der Waals surface area contributed by atoms with Gasteiger partial charge in [0, 0.05) is 25.3 Å². The van der Waals surface area contributed by atoms with E-state index >= 15 is 0 Å². The number of amides is 1. The molecule has 1 heterocycles. The maximum atomic E-state index is 11.0. The lowest BCUT2D eigenvalue weighted by Crippen LogP contribution is -2.08. The van der Waals surface area contributed by atoms with Gasteiger partial charge < -0.3 is 10.6 Å². The highest BCUT2D eigenvalue weighted by atomic mass is 16.1. The number of nitrogens with zero attached hydrogens (tertiary/aromatic N) is 3. The molecule has 0 saturated heterocycles. The molecular formula is C13H17N5O. The molecular weight excluding hydrogens is 242 g/mol. The first kappa shape index (κ1) is 13.1. The lowest BCUT2D eigenvalue weighted by atomic mass is 10.1. The molecule has 0 atom stereocenters. The predicted octanol–water partition coefficient (Wildman–Crippen LogP) is 1.69. The largest absolute Gasteiger partial charge is 0.379 e. The zero-order chi connectivity index (χ0) is 13.8. The van der Waals surface area contributed by atoms with Crippen LogP contribution in [-0.2, 0) is 18.4 Å². The minimum atomic E-state index is -0.0781. The monoisotopic (exact) mass is 259 g/mol. The molecule has 1 aromatic heterocycles. The van der Waals surface area contributed by atoms with Crippen molar-refractivity contribution in [2.45, 2.75) is 20.4 Å². The first-order valence-corrected chi connectivity index (χ1v) is 6.02. The van der Waals surface area contributed by atoms with Gasteiger partial charge in [-0.2, -0.15) is 0 Å². The SMILES string of the molecule is CC(=O)Nc1ccc(C)c(NCc2cnnn2C)c1. The summed E-state index contributed by atoms with van der Waals surface area (Å²) in [6.45, 7) is 4.14. The average molecular weight is 259 g/mol. The van der Waals surface area contributed by atoms with E-state index in [1.54, 1.807) is 10.9 Å². The summed E-state index contributed by atoms with van der Waals surface area (Å²) in [6.07, 6.45) is 1.72. The van der Waals surface area contributed by atoms with Crippen LogP contribution >= 0.6 is 0 Å². The van der Waals surface area contributed by atoms with Gasteiger partial charge in [-0.15, -0.1) is 5.10 Å². The summed E-state index contributed by atoms with van der Waals surface area (Å²) < 4.78 is 1.72. The molecule has 0 spiro atoms. The van der Waals surface area contributed by atoms with Gasteiger partial charge in [0.25, 0.3) is 0 Å². The van der Waals surface area contributed by atoms with Crippen LogP contribution in [0, 0.1) is 6.92 Å². The molecule has 6 nitrogen and oxygen atoms in total. The van der Waals surface area contributed by atoms with Gasteiger partial charge in [0.1, 0.15) is 0 Å². The number of aryl methyl sites for hydroxylation is 2. The summed E-state index contributed by atoms with van der Waals surface area (Å²) in [5.41, 5.74) is 3.87. The minimum absolute atomic E-state index is 0.0781. The van der Waals surface area contributed by atoms with E-state index in [4.69, 9.17) is 0 Å². The number of aromatic nitrogens is 3. The summed E-state index contributed by atoms with van der Waals surface area (Å²) in [5, 5.41) is 13.8. The standard InChI is InChI=1S/C13H17N5O/c1-9-4-5-11(16-10(2)19)6-13(9)14-7-12-8-15-17-18(12)3/h4-6,8,14H,7H2,1-3H3,(H,16,19). The highest BCUT2D eigenvalue weighted by Crippen LogP contribution is 2.20. The Hall–Kier alpha value is -2.37. The van der Waals surface area contributed by atoms with Crippen LogP contribution in [0.4, 0.5) is 11.4 Å². The third-order valence-electron chi connectivity index (χ3n) is 2.83. The topological polar surface area (TPSA) is 71.8 Å². The van der Waals surface area contributed by atoms with Crippen LogP contribution in [0.5, 0.6) is 0 Å². The molecule has 2 N–H and O–H groups in total. The number of nitrogens with one attached hydrogen (secondary N) is 2. The van der Waals surface area contributed by atoms with E-state index in [2.05, 4.69) is 20.9 Å². The predicted molar refractivity (Wildman–Crippen MR) is 73.8 cm³/mol. The Morgan fingerprint density at radius 2 is 2.21 bits per heavy atom. The molecule has 100 valence electrons. The highest BCUT2D eigenvalue weighted by Gasteiger charge is 2.04. The maximum Gasteiger partial charge on any atom is 0.221 e. The fraction of sp³-hybridized carbons (Fsp3) is 0.308. The average Bonchev–Trinajstić information content (AvgIpc) is 2.75. The Bertz CT molecular complexity index is 590. The van der Waals surface area contributed by atoms with Crippen molar-refractivity contribution in [1.29, 1.82) is 0 Å². The first-order valence-electron chi connectivity index (χ1n) is 6.02. The van der Waals surface area contributed by atoms with E-state index in [1.807, 2.05) is 32.2 Å². The van der Waals surface area contributed by atoms with Crippen molar-refractivity contribution in [2.24, 2.45) is 7.05 Å². The Balaban J connectivity index is 2.11. The second-order valence-electron chi connectivity index (χ2n) is 4.41. The Morgan fingerprint density at radius 3 is 2.84 bits per heavy atom. The third-order valence-corrected chi connectivity index (χ3v) is 2.83. The molecule has 0 radical (unpaired) electrons. The molecule has 2 rings (SSSR count). The fourth-order valence-electron chi connectivity index (χ4n) is 1.75. The second kappa shape index (κ2) is 5.51. The number of hydrogen-bond acceptors (Lipinski definition) is 4. The van der Waals surface area contributed by atoms with Crippen molar-refractivity contribution >= 4 is 17.3 Å². The van der Waals surface area contributed by atoms with Crippen molar-refractivity contribution in [1.82, 2.24) is 15.0 Å². The summed E-state index contributed by atoms with van der Waals surface area (Å²) in [4.78, 5) is 11.0. The van der Waals surface area contributed by atoms with E-state index in [0.29, 0.717) is 6.54 Å². The lowest BCUT2D eigenvalue weighted by Gasteiger charge is -2.11. The lowest BCUT2D eigenvalue weighted by molar-refractivity contribution is -0.114. The van der Waals surface area contributed by atoms with Gasteiger partial charge in [-0.1, -0.05) is 11.3 Å². The summed E-state index contributed by atoms with van der Waals surface area (Å²) in [6, 6.07) is 5.77. The number of anilines is 2. The zero-order valence-corrected chi connectivity index (χ0v) is 11.3. The molecule has 0 saturated carbocycles. The number of carbonyl (C=O) groups is 1. The van der Waals surface area contributed by atoms with Crippen molar-refractivity contribution in [2.75, 3.05) is 10.6 Å². The van der Waals surface area contributed by atoms with Crippen LogP contribution in [0.2, 0.25) is 0 Å². The normalized spacial score (nSPS) is 10.3. The van der Waals surface area contributed by atoms with E-state index in [1.165, 1.54) is 6.92 Å². The minimum Gasteiger partial charge on any atom is -0.379 e. The van der Waals surface area contributed by atoms with Crippen molar-refractivity contribution in [3.8, 4) is 0 Å². The van der Waals surface area contributed by atoms with Gasteiger partial charge in [0.05, 0.1) is 18.4 Å². The molecule has 1 aromatic carbocycles. The van der Waals surface area contributed by atoms with Gasteiger partial charge in [-0.25, -0.2) is 0 Å². The zero-order valence-electron chi connectivity index (χ0n) is 11.3. The molecule has 0 bridgehead atoms. The van der Waals surface area contributed by atoms with E-state index in [9.17, 15) is 4.79 Å². The van der Waals surface area contributed by atoms with Crippen LogP contribution in [0.1, 0.15) is 18.2 Å². The van der Waals surface area contributed by atoms with Crippen LogP contribution in [0.15, 0.2) is 24.4 Å². The van der Waals surface area contributed by atoms with Gasteiger partial charge in [-0.05, 0) is 24.6 Å². The van der Waals surface area contributed by atoms with Gasteiger partial charge in [-0.3, -0.25) is 9.48 Å². The van der Waals surface area contributed by atoms with Gasteiger partial charge in [0.15, 0.2) is 0 Å². The molecule has 0 aliphatic carbocycles. The molecule has 0 unspecified atom stereocenters. The molecule has 2 aromatic rings. The second-order valence-corrected chi connectivity index (χ2v) is 4.41. The van der Waals surface area contributed by atoms with Crippen LogP contribution in [-0.4, -0.2) is 20.9 Å². The van der Waals surface area contributed by atoms with E-state index < -0.39 is 0 Å². The number of benzene rings is 1. The van der Waals surface area contributed by atoms with Crippen LogP contribution < -0.4 is 10.6 Å². The summed E-state index contributed by atoms with van der Waals surface area (Å²) in [5.74, 6) is -0.0781. The first-order chi connectivity index (χ1) is 9.06. The molecule has 0 aliphatic rings. The Kier molecular flexibility index (Phi) is 3.79. The maximum absolute atomic E-state index is 11.0. The van der Waals surface area contributed by atoms with Crippen molar-refractivity contribution in [3.05, 3.63) is 35.7 Å². The van der Waals surface area contributed by atoms with Gasteiger partial charge in [0.2, 0.25) is 5.91 Å². The summed E-state index contributed by atoms with van der Waals surface area (Å²) >= 11 is 0. The van der Waals surface area contributed by atoms with Crippen molar-refractivity contribution < 1.29 is 4.79 Å². The highest BCUT2D eigenvalue weighted by molar-refractivity contribution is 5.89. The molecule has 0 fully saturated rings. The smallest absolute Gasteiger partial charge is 0.221 e. The number of hydrogen-bond donors (Lipinski definition) is 2. The van der Waals surface area contributed by atoms with Crippen LogP contribution in [0.25, 0.3) is 0 Å². The molecule has 0 aliphatic heterocycles. The quantitative estimate of drug-likeness (QED) is 0.876. The third kappa shape index (κ3) is 3.31. The summed E-state index contributed by atoms with van der Waals surface area (Å²) in [7, 11) is 1.85. The Morgan fingerprint density at radius 1 is 1.42 bits per heavy atom. The number of carbonyl (C=O) groups excluding carboxylic acids is 1. The van der Waals surface area contributed by atoms with Crippen LogP contribution in [0.3, 0.4) is 0 Å². The van der Waals surface area contributed by atoms with E-state index in [0.717, 1.165) is 22.6 Å². The Labute approximate surface area is 111 Å². The number of rotatable bonds is 4. The van der Waals surface area contributed by atoms with Gasteiger partial charge >= 0.3 is 0 Å². The van der Waals surface area contributed by atoms with E-state index in [-0.39, 0.29) is 5.91 Å². The fourth-order valence-corrected chi connectivity index (χ4v) is 1.75. The van der Waals surface area contributed by atoms with Crippen molar-refractivity contribution in [3.63, 3.8) is 0 Å². The molecule has 1 amide bonds. The molecule has 6 heteroatoms.